The normalized spacial score (nSPS) is 11.0. The maximum absolute atomic E-state index is 12.0. The van der Waals surface area contributed by atoms with Crippen LogP contribution in [-0.2, 0) is 0 Å². The fourth-order valence-electron chi connectivity index (χ4n) is 2.09. The quantitative estimate of drug-likeness (QED) is 0.705. The molecule has 3 N–H and O–H groups in total. The van der Waals surface area contributed by atoms with Crippen LogP contribution in [0.4, 0.5) is 5.69 Å². The number of nitrogens with two attached hydrogens (primary N) is 1. The van der Waals surface area contributed by atoms with E-state index in [2.05, 4.69) is 24.1 Å². The van der Waals surface area contributed by atoms with Crippen molar-refractivity contribution in [3.8, 4) is 0 Å². The first-order valence-electron chi connectivity index (χ1n) is 7.95. The maximum Gasteiger partial charge on any atom is 0.251 e. The molecule has 0 aromatic heterocycles. The van der Waals surface area contributed by atoms with Gasteiger partial charge in [-0.1, -0.05) is 20.3 Å². The van der Waals surface area contributed by atoms with E-state index in [-0.39, 0.29) is 30.7 Å². The molecule has 1 aromatic rings. The number of carbonyl (C=O) groups is 1. The Morgan fingerprint density at radius 2 is 1.83 bits per heavy atom. The molecule has 0 saturated carbocycles. The fraction of sp³-hybridized carbons (Fsp3) is 0.588. The molecule has 6 heteroatoms. The number of rotatable bonds is 9. The van der Waals surface area contributed by atoms with Gasteiger partial charge < -0.3 is 16.0 Å². The summed E-state index contributed by atoms with van der Waals surface area (Å²) in [7, 11) is 0. The minimum absolute atomic E-state index is 0. The number of carbonyl (C=O) groups excluding carboxylic acids is 1. The third-order valence-electron chi connectivity index (χ3n) is 3.67. The van der Waals surface area contributed by atoms with Crippen LogP contribution in [0.25, 0.3) is 0 Å². The smallest absolute Gasteiger partial charge is 0.251 e. The molecule has 1 rings (SSSR count). The van der Waals surface area contributed by atoms with Crippen LogP contribution in [0.1, 0.15) is 44.0 Å². The van der Waals surface area contributed by atoms with Crippen molar-refractivity contribution in [1.29, 1.82) is 0 Å². The zero-order chi connectivity index (χ0) is 15.7. The zero-order valence-electron chi connectivity index (χ0n) is 14.4. The van der Waals surface area contributed by atoms with E-state index in [4.69, 9.17) is 5.73 Å². The summed E-state index contributed by atoms with van der Waals surface area (Å²) in [6.45, 7) is 9.63. The zero-order valence-corrected chi connectivity index (χ0v) is 16.0. The Balaban J connectivity index is 0. The van der Waals surface area contributed by atoms with E-state index >= 15 is 0 Å². The van der Waals surface area contributed by atoms with E-state index < -0.39 is 0 Å². The molecule has 0 aliphatic rings. The van der Waals surface area contributed by atoms with Gasteiger partial charge in [0.2, 0.25) is 0 Å². The van der Waals surface area contributed by atoms with Gasteiger partial charge in [-0.15, -0.1) is 24.8 Å². The lowest BCUT2D eigenvalue weighted by atomic mass is 10.1. The Morgan fingerprint density at radius 3 is 2.30 bits per heavy atom. The second kappa shape index (κ2) is 13.5. The predicted octanol–water partition coefficient (Wildman–Crippen LogP) is 3.48. The first-order chi connectivity index (χ1) is 10.1. The van der Waals surface area contributed by atoms with Crippen LogP contribution in [0.5, 0.6) is 0 Å². The van der Waals surface area contributed by atoms with Crippen LogP contribution in [0.15, 0.2) is 24.3 Å². The van der Waals surface area contributed by atoms with E-state index in [0.717, 1.165) is 13.1 Å². The van der Waals surface area contributed by atoms with Crippen molar-refractivity contribution in [2.24, 2.45) is 11.7 Å². The molecule has 0 radical (unpaired) electrons. The second-order valence-corrected chi connectivity index (χ2v) is 5.53. The molecule has 0 spiro atoms. The number of halogens is 2. The van der Waals surface area contributed by atoms with Gasteiger partial charge >= 0.3 is 0 Å². The van der Waals surface area contributed by atoms with Crippen molar-refractivity contribution in [3.05, 3.63) is 29.8 Å². The number of unbranched alkanes of at least 4 members (excludes halogenated alkanes) is 1. The van der Waals surface area contributed by atoms with Gasteiger partial charge in [0, 0.05) is 30.9 Å². The van der Waals surface area contributed by atoms with Gasteiger partial charge in [0.15, 0.2) is 0 Å². The van der Waals surface area contributed by atoms with Gasteiger partial charge in [-0.3, -0.25) is 4.79 Å². The third-order valence-corrected chi connectivity index (χ3v) is 3.67. The summed E-state index contributed by atoms with van der Waals surface area (Å²) in [5.74, 6) is 0.274. The van der Waals surface area contributed by atoms with Crippen molar-refractivity contribution in [2.45, 2.75) is 33.6 Å². The standard InChI is InChI=1S/C17H29N3O.2ClH/c1-4-6-11-20(5-2)16-9-7-15(8-10-16)17(21)19-13-14(3)12-18;;/h7-10,14H,4-6,11-13,18H2,1-3H3,(H,19,21);2*1H. The van der Waals surface area contributed by atoms with Crippen molar-refractivity contribution in [1.82, 2.24) is 5.32 Å². The summed E-state index contributed by atoms with van der Waals surface area (Å²) in [6, 6.07) is 7.85. The van der Waals surface area contributed by atoms with E-state index in [1.165, 1.54) is 18.5 Å². The molecule has 134 valence electrons. The summed E-state index contributed by atoms with van der Waals surface area (Å²) in [4.78, 5) is 14.4. The second-order valence-electron chi connectivity index (χ2n) is 5.53. The van der Waals surface area contributed by atoms with E-state index in [0.29, 0.717) is 24.6 Å². The molecule has 1 unspecified atom stereocenters. The number of nitrogens with one attached hydrogen (secondary N) is 1. The topological polar surface area (TPSA) is 58.4 Å². The van der Waals surface area contributed by atoms with Gasteiger partial charge in [-0.2, -0.15) is 0 Å². The summed E-state index contributed by atoms with van der Waals surface area (Å²) >= 11 is 0. The van der Waals surface area contributed by atoms with Gasteiger partial charge in [0.05, 0.1) is 0 Å². The molecule has 0 bridgehead atoms. The minimum Gasteiger partial charge on any atom is -0.372 e. The lowest BCUT2D eigenvalue weighted by molar-refractivity contribution is 0.0948. The highest BCUT2D eigenvalue weighted by atomic mass is 35.5. The number of benzene rings is 1. The molecule has 1 aromatic carbocycles. The van der Waals surface area contributed by atoms with E-state index in [1.54, 1.807) is 0 Å². The first-order valence-corrected chi connectivity index (χ1v) is 7.95. The monoisotopic (exact) mass is 363 g/mol. The minimum atomic E-state index is -0.0292. The van der Waals surface area contributed by atoms with Crippen LogP contribution >= 0.6 is 24.8 Å². The molecule has 0 heterocycles. The highest BCUT2D eigenvalue weighted by Gasteiger charge is 2.08. The van der Waals surface area contributed by atoms with Gasteiger partial charge in [-0.05, 0) is 50.1 Å². The fourth-order valence-corrected chi connectivity index (χ4v) is 2.09. The molecule has 0 saturated heterocycles. The molecule has 0 aliphatic heterocycles. The average Bonchev–Trinajstić information content (AvgIpc) is 2.53. The number of amides is 1. The highest BCUT2D eigenvalue weighted by Crippen LogP contribution is 2.16. The van der Waals surface area contributed by atoms with Gasteiger partial charge in [0.25, 0.3) is 5.91 Å². The largest absolute Gasteiger partial charge is 0.372 e. The van der Waals surface area contributed by atoms with Crippen LogP contribution in [-0.4, -0.2) is 32.1 Å². The summed E-state index contributed by atoms with van der Waals surface area (Å²) < 4.78 is 0. The Morgan fingerprint density at radius 1 is 1.22 bits per heavy atom. The van der Waals surface area contributed by atoms with Crippen LogP contribution in [0.3, 0.4) is 0 Å². The van der Waals surface area contributed by atoms with Crippen LogP contribution < -0.4 is 16.0 Å². The van der Waals surface area contributed by atoms with Crippen molar-refractivity contribution in [2.75, 3.05) is 31.1 Å². The molecule has 1 atom stereocenters. The number of anilines is 1. The Bertz CT molecular complexity index is 426. The molecular weight excluding hydrogens is 333 g/mol. The van der Waals surface area contributed by atoms with E-state index in [1.807, 2.05) is 31.2 Å². The lowest BCUT2D eigenvalue weighted by Gasteiger charge is -2.23. The summed E-state index contributed by atoms with van der Waals surface area (Å²) in [5.41, 5.74) is 7.43. The van der Waals surface area contributed by atoms with E-state index in [9.17, 15) is 4.79 Å². The Hall–Kier alpha value is -0.970. The molecule has 1 amide bonds. The number of hydrogen-bond acceptors (Lipinski definition) is 3. The van der Waals surface area contributed by atoms with Gasteiger partial charge in [-0.25, -0.2) is 0 Å². The predicted molar refractivity (Wildman–Crippen MR) is 104 cm³/mol. The molecule has 0 fully saturated rings. The van der Waals surface area contributed by atoms with Crippen molar-refractivity contribution < 1.29 is 4.79 Å². The van der Waals surface area contributed by atoms with Gasteiger partial charge in [0.1, 0.15) is 0 Å². The SMILES string of the molecule is CCCCN(CC)c1ccc(C(=O)NCC(C)CN)cc1.Cl.Cl. The first kappa shape index (κ1) is 24.3. The van der Waals surface area contributed by atoms with Crippen molar-refractivity contribution >= 4 is 36.4 Å². The number of nitrogens with zero attached hydrogens (tertiary/aromatic N) is 1. The summed E-state index contributed by atoms with van der Waals surface area (Å²) in [6.07, 6.45) is 2.38. The highest BCUT2D eigenvalue weighted by molar-refractivity contribution is 5.94. The Kier molecular flexibility index (Phi) is 14.2. The number of hydrogen-bond donors (Lipinski definition) is 2. The molecule has 23 heavy (non-hydrogen) atoms. The Labute approximate surface area is 153 Å². The molecular formula is C17H31Cl2N3O. The van der Waals surface area contributed by atoms with Crippen LogP contribution in [0.2, 0.25) is 0 Å². The van der Waals surface area contributed by atoms with Crippen molar-refractivity contribution in [3.63, 3.8) is 0 Å². The average molecular weight is 364 g/mol. The maximum atomic E-state index is 12.0. The lowest BCUT2D eigenvalue weighted by Crippen LogP contribution is -2.31. The van der Waals surface area contributed by atoms with Crippen LogP contribution in [0, 0.1) is 5.92 Å². The molecule has 4 nitrogen and oxygen atoms in total. The molecule has 0 aliphatic carbocycles. The third kappa shape index (κ3) is 8.45. The summed E-state index contributed by atoms with van der Waals surface area (Å²) in [5, 5.41) is 2.91.